The van der Waals surface area contributed by atoms with Crippen LogP contribution < -0.4 is 30.7 Å². The van der Waals surface area contributed by atoms with Crippen LogP contribution in [0, 0.1) is 23.0 Å². The first-order valence-corrected chi connectivity index (χ1v) is 17.5. The normalized spacial score (nSPS) is 15.1. The second kappa shape index (κ2) is 13.6. The van der Waals surface area contributed by atoms with E-state index in [0.29, 0.717) is 25.6 Å². The molecule has 1 aliphatic heterocycles. The molecule has 0 N–H and O–H groups in total. The van der Waals surface area contributed by atoms with E-state index in [-0.39, 0.29) is 38.0 Å². The minimum Gasteiger partial charge on any atom is -0.457 e. The highest BCUT2D eigenvalue weighted by atomic mass is 127. The van der Waals surface area contributed by atoms with E-state index >= 15 is 0 Å². The quantitative estimate of drug-likeness (QED) is 0.138. The Morgan fingerprint density at radius 1 is 1.05 bits per heavy atom. The van der Waals surface area contributed by atoms with Crippen molar-refractivity contribution < 1.29 is 44.9 Å². The van der Waals surface area contributed by atoms with Crippen LogP contribution in [0.25, 0.3) is 0 Å². The lowest BCUT2D eigenvalue weighted by Gasteiger charge is -2.39. The molecule has 5 nitrogen and oxygen atoms in total. The molecule has 1 heterocycles. The predicted molar refractivity (Wildman–Crippen MR) is 167 cm³/mol. The maximum absolute atomic E-state index is 12.5. The summed E-state index contributed by atoms with van der Waals surface area (Å²) >= 11 is 1.90. The van der Waals surface area contributed by atoms with Crippen LogP contribution in [-0.4, -0.2) is 26.0 Å². The van der Waals surface area contributed by atoms with Gasteiger partial charge >= 0.3 is 27.4 Å². The van der Waals surface area contributed by atoms with Gasteiger partial charge in [0.1, 0.15) is 23.9 Å². The van der Waals surface area contributed by atoms with Crippen molar-refractivity contribution in [1.82, 2.24) is 0 Å². The van der Waals surface area contributed by atoms with E-state index in [1.54, 1.807) is 0 Å². The van der Waals surface area contributed by atoms with Gasteiger partial charge in [-0.3, -0.25) is 0 Å². The molecule has 0 aliphatic carbocycles. The zero-order chi connectivity index (χ0) is 29.8. The van der Waals surface area contributed by atoms with Crippen LogP contribution in [0.3, 0.4) is 0 Å². The minimum atomic E-state index is -0.686. The van der Waals surface area contributed by atoms with Crippen LogP contribution in [0.15, 0.2) is 54.6 Å². The second-order valence-electron chi connectivity index (χ2n) is 12.0. The van der Waals surface area contributed by atoms with Gasteiger partial charge in [-0.25, -0.2) is 4.79 Å². The molecule has 3 aromatic rings. The predicted octanol–water partition coefficient (Wildman–Crippen LogP) is 6.27. The average Bonchev–Trinajstić information content (AvgIpc) is 2.90. The lowest BCUT2D eigenvalue weighted by Crippen LogP contribution is -3.61. The van der Waals surface area contributed by atoms with Crippen LogP contribution in [0.4, 0.5) is 4.79 Å². The van der Waals surface area contributed by atoms with E-state index in [9.17, 15) is 4.79 Å². The third-order valence-corrected chi connectivity index (χ3v) is 11.7. The highest BCUT2D eigenvalue weighted by Crippen LogP contribution is 2.38. The number of aryl methyl sites for hydroxylation is 1. The SMILES string of the molecule is CC[C@H](C)c1cc(OC(=O)OCC2(CC)COC2)c(I)cc1Oc1ccc([I+]c2ccc(C(C)(C)C)cc2)c(C)c1. The monoisotopic (exact) mass is 783 g/mol. The molecule has 7 heteroatoms. The minimum absolute atomic E-state index is 0.0850. The van der Waals surface area contributed by atoms with Crippen molar-refractivity contribution in [2.24, 2.45) is 5.41 Å². The Hall–Kier alpha value is -1.85. The van der Waals surface area contributed by atoms with Gasteiger partial charge in [-0.2, -0.15) is 0 Å². The number of carbonyl (C=O) groups excluding carboxylic acids is 1. The van der Waals surface area contributed by atoms with E-state index < -0.39 is 6.16 Å². The fourth-order valence-electron chi connectivity index (χ4n) is 4.48. The Morgan fingerprint density at radius 3 is 2.32 bits per heavy atom. The van der Waals surface area contributed by atoms with Gasteiger partial charge in [-0.05, 0) is 102 Å². The highest BCUT2D eigenvalue weighted by Gasteiger charge is 2.38. The van der Waals surface area contributed by atoms with Gasteiger partial charge in [0, 0.05) is 11.1 Å². The van der Waals surface area contributed by atoms with Crippen molar-refractivity contribution in [3.63, 3.8) is 0 Å². The van der Waals surface area contributed by atoms with E-state index in [1.807, 2.05) is 12.1 Å². The standard InChI is InChI=1S/C34H41I2O5/c1-8-22(3)27-17-31(41-32(37)39-21-34(9-2)19-38-20-34)28(35)18-30(27)40-26-14-15-29(23(4)16-26)36-25-12-10-24(11-13-25)33(5,6)7/h10-18,22H,8-9,19-21H2,1-7H3/q+1/t22-/m0/s1. The molecule has 0 amide bonds. The number of hydrogen-bond acceptors (Lipinski definition) is 5. The van der Waals surface area contributed by atoms with Gasteiger partial charge in [0.15, 0.2) is 7.14 Å². The Bertz CT molecular complexity index is 1350. The van der Waals surface area contributed by atoms with Crippen molar-refractivity contribution in [3.8, 4) is 17.2 Å². The topological polar surface area (TPSA) is 54.0 Å². The summed E-state index contributed by atoms with van der Waals surface area (Å²) in [6, 6.07) is 19.3. The highest BCUT2D eigenvalue weighted by molar-refractivity contribution is 14.1. The van der Waals surface area contributed by atoms with Crippen LogP contribution >= 0.6 is 22.6 Å². The molecular weight excluding hydrogens is 742 g/mol. The van der Waals surface area contributed by atoms with Crippen LogP contribution in [0.2, 0.25) is 0 Å². The largest absolute Gasteiger partial charge is 0.513 e. The third kappa shape index (κ3) is 8.16. The maximum Gasteiger partial charge on any atom is 0.513 e. The van der Waals surface area contributed by atoms with Gasteiger partial charge in [0.2, 0.25) is 0 Å². The lowest BCUT2D eigenvalue weighted by molar-refractivity contribution is -0.598. The maximum atomic E-state index is 12.5. The van der Waals surface area contributed by atoms with E-state index in [0.717, 1.165) is 33.5 Å². The Morgan fingerprint density at radius 2 is 1.76 bits per heavy atom. The zero-order valence-electron chi connectivity index (χ0n) is 25.1. The summed E-state index contributed by atoms with van der Waals surface area (Å²) in [4.78, 5) is 12.5. The van der Waals surface area contributed by atoms with Crippen LogP contribution in [0.5, 0.6) is 17.2 Å². The molecule has 0 radical (unpaired) electrons. The lowest BCUT2D eigenvalue weighted by atomic mass is 9.84. The summed E-state index contributed by atoms with van der Waals surface area (Å²) in [6.07, 6.45) is 1.14. The summed E-state index contributed by atoms with van der Waals surface area (Å²) in [5.41, 5.74) is 3.67. The first kappa shape index (κ1) is 32.1. The van der Waals surface area contributed by atoms with Gasteiger partial charge in [0.05, 0.1) is 22.2 Å². The molecule has 1 atom stereocenters. The Balaban J connectivity index is 1.48. The molecule has 0 unspecified atom stereocenters. The molecule has 41 heavy (non-hydrogen) atoms. The fourth-order valence-corrected chi connectivity index (χ4v) is 7.36. The fraction of sp³-hybridized carbons (Fsp3) is 0.441. The second-order valence-corrected chi connectivity index (χ2v) is 16.1. The Labute approximate surface area is 269 Å². The van der Waals surface area contributed by atoms with Crippen molar-refractivity contribution in [3.05, 3.63) is 82.0 Å². The number of hydrogen-bond donors (Lipinski definition) is 0. The van der Waals surface area contributed by atoms with Gasteiger partial charge < -0.3 is 18.9 Å². The first-order chi connectivity index (χ1) is 19.4. The number of benzene rings is 3. The molecule has 0 aromatic heterocycles. The van der Waals surface area contributed by atoms with Crippen molar-refractivity contribution >= 4 is 28.7 Å². The molecule has 1 fully saturated rings. The molecule has 4 rings (SSSR count). The van der Waals surface area contributed by atoms with Crippen LogP contribution in [-0.2, 0) is 14.9 Å². The summed E-state index contributed by atoms with van der Waals surface area (Å²) in [6.45, 7) is 16.8. The number of halogens is 2. The number of carbonyl (C=O) groups is 1. The first-order valence-electron chi connectivity index (χ1n) is 14.2. The molecular formula is C34H41I2O5+. The van der Waals surface area contributed by atoms with E-state index in [4.69, 9.17) is 18.9 Å². The summed E-state index contributed by atoms with van der Waals surface area (Å²) < 4.78 is 26.5. The molecule has 3 aromatic carbocycles. The molecule has 0 spiro atoms. The van der Waals surface area contributed by atoms with E-state index in [1.165, 1.54) is 18.3 Å². The van der Waals surface area contributed by atoms with Crippen molar-refractivity contribution in [1.29, 1.82) is 0 Å². The van der Waals surface area contributed by atoms with Crippen molar-refractivity contribution in [2.75, 3.05) is 19.8 Å². The molecule has 220 valence electrons. The molecule has 0 saturated carbocycles. The van der Waals surface area contributed by atoms with Gasteiger partial charge in [-0.15, -0.1) is 0 Å². The van der Waals surface area contributed by atoms with Gasteiger partial charge in [-0.1, -0.05) is 53.7 Å². The number of ether oxygens (including phenoxy) is 4. The molecule has 1 aliphatic rings. The average molecular weight is 784 g/mol. The van der Waals surface area contributed by atoms with Crippen LogP contribution in [0.1, 0.15) is 77.0 Å². The van der Waals surface area contributed by atoms with Crippen molar-refractivity contribution in [2.45, 2.75) is 72.6 Å². The Kier molecular flexibility index (Phi) is 10.7. The summed E-state index contributed by atoms with van der Waals surface area (Å²) in [5.74, 6) is 2.29. The third-order valence-electron chi connectivity index (χ3n) is 7.74. The zero-order valence-corrected chi connectivity index (χ0v) is 29.4. The smallest absolute Gasteiger partial charge is 0.457 e. The number of rotatable bonds is 10. The molecule has 0 bridgehead atoms. The van der Waals surface area contributed by atoms with E-state index in [2.05, 4.69) is 114 Å². The van der Waals surface area contributed by atoms with Gasteiger partial charge in [0.25, 0.3) is 0 Å². The molecule has 1 saturated heterocycles. The summed E-state index contributed by atoms with van der Waals surface area (Å²) in [7, 11) is 0. The summed E-state index contributed by atoms with van der Waals surface area (Å²) in [5, 5.41) is 0.